The minimum Gasteiger partial charge on any atom is -0.309 e. The van der Waals surface area contributed by atoms with Crippen molar-refractivity contribution in [1.29, 1.82) is 0 Å². The predicted molar refractivity (Wildman–Crippen MR) is 257 cm³/mol. The smallest absolute Gasteiger partial charge is 0.179 e. The lowest BCUT2D eigenvalue weighted by atomic mass is 9.41. The lowest BCUT2D eigenvalue weighted by molar-refractivity contribution is -0.0418. The minimum atomic E-state index is -2.79. The van der Waals surface area contributed by atoms with E-state index in [4.69, 9.17) is 0 Å². The molecule has 0 N–H and O–H groups in total. The maximum Gasteiger partial charge on any atom is 0.179 e. The topological polar surface area (TPSA) is 9.86 Å². The normalized spacial score (nSPS) is 22.5. The van der Waals surface area contributed by atoms with Gasteiger partial charge in [0.2, 0.25) is 0 Å². The summed E-state index contributed by atoms with van der Waals surface area (Å²) in [5.41, 5.74) is 11.1. The van der Waals surface area contributed by atoms with Crippen LogP contribution < -0.4 is 20.7 Å². The van der Waals surface area contributed by atoms with Crippen LogP contribution in [0.2, 0.25) is 0 Å². The lowest BCUT2D eigenvalue weighted by Gasteiger charge is -2.63. The number of aromatic nitrogens is 2. The SMILES string of the molecule is c1ccc([Si](c2ccccc2)(c2ccccc2)c2ccc3c(c2)-n2c4ccccc4c4cc(-n5c6ccccc6c6ccccc65)cc(c42)C32C3CC4CC(C3)CC2C4)cc1. The van der Waals surface area contributed by atoms with Gasteiger partial charge in [-0.3, -0.25) is 0 Å². The van der Waals surface area contributed by atoms with E-state index in [2.05, 4.69) is 203 Å². The number of para-hydroxylation sites is 3. The summed E-state index contributed by atoms with van der Waals surface area (Å²) in [6.07, 6.45) is 6.79. The Morgan fingerprint density at radius 1 is 0.377 bits per heavy atom. The van der Waals surface area contributed by atoms with E-state index in [1.807, 2.05) is 0 Å². The molecular formula is C58H46N2Si. The first-order chi connectivity index (χ1) is 30.2. The van der Waals surface area contributed by atoms with Gasteiger partial charge in [0.15, 0.2) is 8.07 Å². The van der Waals surface area contributed by atoms with Crippen molar-refractivity contribution in [2.45, 2.75) is 37.5 Å². The molecule has 5 aliphatic rings. The van der Waals surface area contributed by atoms with Crippen molar-refractivity contribution in [1.82, 2.24) is 9.13 Å². The molecule has 15 rings (SSSR count). The molecule has 1 spiro atoms. The van der Waals surface area contributed by atoms with Crippen LogP contribution in [0.3, 0.4) is 0 Å². The molecule has 10 aromatic rings. The number of hydrogen-bond acceptors (Lipinski definition) is 0. The van der Waals surface area contributed by atoms with Gasteiger partial charge in [0.05, 0.1) is 27.8 Å². The van der Waals surface area contributed by atoms with E-state index < -0.39 is 8.07 Å². The molecule has 0 atom stereocenters. The fraction of sp³-hybridized carbons (Fsp3) is 0.172. The summed E-state index contributed by atoms with van der Waals surface area (Å²) in [6.45, 7) is 0. The van der Waals surface area contributed by atoms with Crippen LogP contribution in [0.5, 0.6) is 0 Å². The molecule has 4 aliphatic carbocycles. The van der Waals surface area contributed by atoms with Gasteiger partial charge in [-0.2, -0.15) is 0 Å². The third kappa shape index (κ3) is 4.42. The van der Waals surface area contributed by atoms with Crippen LogP contribution in [0.4, 0.5) is 0 Å². The van der Waals surface area contributed by atoms with Gasteiger partial charge in [0.25, 0.3) is 0 Å². The molecular weight excluding hydrogens is 753 g/mol. The molecule has 2 nitrogen and oxygen atoms in total. The van der Waals surface area contributed by atoms with Gasteiger partial charge in [0, 0.05) is 32.6 Å². The number of rotatable bonds is 5. The van der Waals surface area contributed by atoms with E-state index in [0.29, 0.717) is 11.8 Å². The van der Waals surface area contributed by atoms with Gasteiger partial charge in [-0.25, -0.2) is 0 Å². The monoisotopic (exact) mass is 798 g/mol. The van der Waals surface area contributed by atoms with Gasteiger partial charge in [0.1, 0.15) is 0 Å². The molecule has 4 bridgehead atoms. The van der Waals surface area contributed by atoms with Crippen molar-refractivity contribution < 1.29 is 0 Å². The summed E-state index contributed by atoms with van der Waals surface area (Å²) in [4.78, 5) is 0. The molecule has 2 aromatic heterocycles. The molecule has 292 valence electrons. The summed E-state index contributed by atoms with van der Waals surface area (Å²) in [7, 11) is -2.79. The van der Waals surface area contributed by atoms with Crippen molar-refractivity contribution in [2.24, 2.45) is 23.7 Å². The molecule has 0 amide bonds. The molecule has 1 aliphatic heterocycles. The van der Waals surface area contributed by atoms with Gasteiger partial charge in [-0.1, -0.05) is 158 Å². The van der Waals surface area contributed by atoms with Crippen LogP contribution in [-0.4, -0.2) is 17.2 Å². The van der Waals surface area contributed by atoms with Crippen LogP contribution in [0.1, 0.15) is 43.2 Å². The fourth-order valence-corrected chi connectivity index (χ4v) is 19.1. The maximum absolute atomic E-state index is 2.79. The first-order valence-electron chi connectivity index (χ1n) is 22.6. The van der Waals surface area contributed by atoms with Crippen molar-refractivity contribution in [2.75, 3.05) is 0 Å². The first kappa shape index (κ1) is 34.3. The van der Waals surface area contributed by atoms with Crippen molar-refractivity contribution >= 4 is 72.4 Å². The Morgan fingerprint density at radius 2 is 0.836 bits per heavy atom. The Labute approximate surface area is 357 Å². The van der Waals surface area contributed by atoms with Crippen molar-refractivity contribution in [3.05, 3.63) is 205 Å². The fourth-order valence-electron chi connectivity index (χ4n) is 14.3. The summed E-state index contributed by atoms with van der Waals surface area (Å²) in [5.74, 6) is 2.95. The number of benzene rings is 8. The molecule has 3 heterocycles. The zero-order chi connectivity index (χ0) is 39.9. The van der Waals surface area contributed by atoms with E-state index >= 15 is 0 Å². The largest absolute Gasteiger partial charge is 0.309 e. The van der Waals surface area contributed by atoms with E-state index in [0.717, 1.165) is 11.8 Å². The third-order valence-electron chi connectivity index (χ3n) is 16.2. The lowest BCUT2D eigenvalue weighted by Crippen LogP contribution is -2.74. The zero-order valence-electron chi connectivity index (χ0n) is 34.2. The van der Waals surface area contributed by atoms with Gasteiger partial charge >= 0.3 is 0 Å². The maximum atomic E-state index is 2.73. The van der Waals surface area contributed by atoms with Crippen LogP contribution >= 0.6 is 0 Å². The quantitative estimate of drug-likeness (QED) is 0.121. The highest BCUT2D eigenvalue weighted by molar-refractivity contribution is 7.19. The molecule has 4 saturated carbocycles. The highest BCUT2D eigenvalue weighted by atomic mass is 28.3. The molecule has 8 aromatic carbocycles. The first-order valence-corrected chi connectivity index (χ1v) is 24.6. The number of fused-ring (bicyclic) bond motifs is 8. The van der Waals surface area contributed by atoms with Crippen LogP contribution in [-0.2, 0) is 5.41 Å². The van der Waals surface area contributed by atoms with Crippen LogP contribution in [0.25, 0.3) is 55.0 Å². The summed E-state index contributed by atoms with van der Waals surface area (Å²) < 4.78 is 5.31. The van der Waals surface area contributed by atoms with E-state index in [9.17, 15) is 0 Å². The standard InChI is InChI=1S/C58H46N2Si/c1-4-16-43(17-5-1)61(44-18-6-2-7-19-44,45-20-8-3-9-21-45)46-28-29-51-56(37-46)60-55-27-15-12-24-49(55)50-35-42(59-53-25-13-10-22-47(53)48-23-11-14-26-54(48)59)36-52(57(50)60)58(51)40-31-38-30-39(33-40)34-41(58)32-38/h1-29,35-41H,30-34H2. The molecule has 61 heavy (non-hydrogen) atoms. The van der Waals surface area contributed by atoms with Gasteiger partial charge < -0.3 is 9.13 Å². The Balaban J connectivity index is 1.13. The third-order valence-corrected chi connectivity index (χ3v) is 21.0. The van der Waals surface area contributed by atoms with Crippen LogP contribution in [0, 0.1) is 23.7 Å². The second-order valence-electron chi connectivity index (χ2n) is 18.9. The van der Waals surface area contributed by atoms with E-state index in [-0.39, 0.29) is 5.41 Å². The highest BCUT2D eigenvalue weighted by Gasteiger charge is 2.61. The van der Waals surface area contributed by atoms with E-state index in [1.165, 1.54) is 108 Å². The molecule has 3 heteroatoms. The number of hydrogen-bond donors (Lipinski definition) is 0. The minimum absolute atomic E-state index is 0.0604. The second kappa shape index (κ2) is 12.6. The second-order valence-corrected chi connectivity index (χ2v) is 22.7. The van der Waals surface area contributed by atoms with Gasteiger partial charge in [-0.05, 0) is 124 Å². The Bertz CT molecular complexity index is 3200. The summed E-state index contributed by atoms with van der Waals surface area (Å²) >= 11 is 0. The molecule has 0 radical (unpaired) electrons. The average molecular weight is 799 g/mol. The van der Waals surface area contributed by atoms with E-state index in [1.54, 1.807) is 11.1 Å². The Morgan fingerprint density at radius 3 is 1.36 bits per heavy atom. The summed E-state index contributed by atoms with van der Waals surface area (Å²) in [5, 5.41) is 11.1. The van der Waals surface area contributed by atoms with Crippen molar-refractivity contribution in [3.63, 3.8) is 0 Å². The zero-order valence-corrected chi connectivity index (χ0v) is 35.2. The average Bonchev–Trinajstić information content (AvgIpc) is 3.83. The molecule has 0 unspecified atom stereocenters. The number of nitrogens with zero attached hydrogens (tertiary/aromatic N) is 2. The highest BCUT2D eigenvalue weighted by Crippen LogP contribution is 2.68. The predicted octanol–water partition coefficient (Wildman–Crippen LogP) is 11.3. The summed E-state index contributed by atoms with van der Waals surface area (Å²) in [6, 6.07) is 75.0. The van der Waals surface area contributed by atoms with Gasteiger partial charge in [-0.15, -0.1) is 0 Å². The van der Waals surface area contributed by atoms with Crippen molar-refractivity contribution in [3.8, 4) is 11.4 Å². The molecule has 4 fully saturated rings. The Hall–Kier alpha value is -6.42. The molecule has 0 saturated heterocycles. The Kier molecular flexibility index (Phi) is 7.07. The van der Waals surface area contributed by atoms with Crippen LogP contribution in [0.15, 0.2) is 194 Å².